The summed E-state index contributed by atoms with van der Waals surface area (Å²) in [5.41, 5.74) is 1.13. The second kappa shape index (κ2) is 12.5. The van der Waals surface area contributed by atoms with Crippen LogP contribution in [0.4, 0.5) is 0 Å². The van der Waals surface area contributed by atoms with Crippen molar-refractivity contribution in [1.82, 2.24) is 5.32 Å². The standard InChI is InChI=1S/C16H27NO4.ClH/c1-13(2)20-9-4-7-17-12-14-5-6-15(21-10-8-18)16(11-14)19-3;/h5-6,11,13,17-18H,4,7-10,12H2,1-3H3;1H. The molecule has 0 unspecified atom stereocenters. The number of ether oxygens (including phenoxy) is 3. The minimum atomic E-state index is -0.00902. The smallest absolute Gasteiger partial charge is 0.161 e. The van der Waals surface area contributed by atoms with Crippen LogP contribution < -0.4 is 14.8 Å². The molecule has 1 rings (SSSR count). The van der Waals surface area contributed by atoms with Gasteiger partial charge in [0.25, 0.3) is 0 Å². The minimum Gasteiger partial charge on any atom is -0.493 e. The number of methoxy groups -OCH3 is 1. The second-order valence-electron chi connectivity index (χ2n) is 5.01. The highest BCUT2D eigenvalue weighted by Gasteiger charge is 2.05. The van der Waals surface area contributed by atoms with Crippen molar-refractivity contribution in [3.8, 4) is 11.5 Å². The molecule has 0 aliphatic rings. The summed E-state index contributed by atoms with van der Waals surface area (Å²) in [7, 11) is 1.61. The Balaban J connectivity index is 0.00000441. The third-order valence-corrected chi connectivity index (χ3v) is 2.86. The van der Waals surface area contributed by atoms with Crippen LogP contribution in [0.2, 0.25) is 0 Å². The van der Waals surface area contributed by atoms with Crippen LogP contribution in [0.15, 0.2) is 18.2 Å². The molecule has 0 saturated carbocycles. The van der Waals surface area contributed by atoms with E-state index in [4.69, 9.17) is 19.3 Å². The number of rotatable bonds is 11. The summed E-state index contributed by atoms with van der Waals surface area (Å²) in [5, 5.41) is 12.2. The van der Waals surface area contributed by atoms with E-state index in [1.165, 1.54) is 0 Å². The molecule has 0 radical (unpaired) electrons. The molecule has 0 aliphatic heterocycles. The number of aliphatic hydroxyl groups excluding tert-OH is 1. The Morgan fingerprint density at radius 1 is 1.18 bits per heavy atom. The molecule has 22 heavy (non-hydrogen) atoms. The molecule has 1 aromatic rings. The van der Waals surface area contributed by atoms with Gasteiger partial charge >= 0.3 is 0 Å². The number of benzene rings is 1. The summed E-state index contributed by atoms with van der Waals surface area (Å²) < 4.78 is 16.2. The summed E-state index contributed by atoms with van der Waals surface area (Å²) >= 11 is 0. The zero-order chi connectivity index (χ0) is 15.5. The number of hydrogen-bond acceptors (Lipinski definition) is 5. The van der Waals surface area contributed by atoms with Crippen molar-refractivity contribution in [2.75, 3.05) is 33.5 Å². The van der Waals surface area contributed by atoms with Gasteiger partial charge in [0.2, 0.25) is 0 Å². The van der Waals surface area contributed by atoms with Crippen molar-refractivity contribution in [1.29, 1.82) is 0 Å². The molecule has 0 aromatic heterocycles. The average molecular weight is 334 g/mol. The highest BCUT2D eigenvalue weighted by molar-refractivity contribution is 5.85. The zero-order valence-corrected chi connectivity index (χ0v) is 14.4. The molecular weight excluding hydrogens is 306 g/mol. The molecule has 0 amide bonds. The predicted molar refractivity (Wildman–Crippen MR) is 90.2 cm³/mol. The van der Waals surface area contributed by atoms with Crippen molar-refractivity contribution in [3.05, 3.63) is 23.8 Å². The molecule has 2 N–H and O–H groups in total. The lowest BCUT2D eigenvalue weighted by molar-refractivity contribution is 0.0770. The third-order valence-electron chi connectivity index (χ3n) is 2.86. The van der Waals surface area contributed by atoms with Crippen LogP contribution in [0.3, 0.4) is 0 Å². The SMILES string of the molecule is COc1cc(CNCCCOC(C)C)ccc1OCCO.Cl. The average Bonchev–Trinajstić information content (AvgIpc) is 2.48. The summed E-state index contributed by atoms with van der Waals surface area (Å²) in [4.78, 5) is 0. The Hall–Kier alpha value is -1.01. The molecule has 0 heterocycles. The molecule has 5 nitrogen and oxygen atoms in total. The lowest BCUT2D eigenvalue weighted by atomic mass is 10.2. The van der Waals surface area contributed by atoms with Gasteiger partial charge in [0.15, 0.2) is 11.5 Å². The summed E-state index contributed by atoms with van der Waals surface area (Å²) in [6.45, 7) is 6.81. The number of halogens is 1. The van der Waals surface area contributed by atoms with Crippen LogP contribution in [-0.2, 0) is 11.3 Å². The van der Waals surface area contributed by atoms with E-state index in [2.05, 4.69) is 5.32 Å². The van der Waals surface area contributed by atoms with Crippen molar-refractivity contribution >= 4 is 12.4 Å². The molecule has 0 bridgehead atoms. The summed E-state index contributed by atoms with van der Waals surface area (Å²) in [6.07, 6.45) is 1.29. The normalized spacial score (nSPS) is 10.4. The number of hydrogen-bond donors (Lipinski definition) is 2. The first-order chi connectivity index (χ1) is 10.2. The van der Waals surface area contributed by atoms with Crippen LogP contribution >= 0.6 is 12.4 Å². The van der Waals surface area contributed by atoms with E-state index >= 15 is 0 Å². The van der Waals surface area contributed by atoms with Gasteiger partial charge in [0, 0.05) is 13.2 Å². The highest BCUT2D eigenvalue weighted by Crippen LogP contribution is 2.27. The van der Waals surface area contributed by atoms with Crippen LogP contribution in [0.25, 0.3) is 0 Å². The van der Waals surface area contributed by atoms with Gasteiger partial charge in [-0.2, -0.15) is 0 Å². The fraction of sp³-hybridized carbons (Fsp3) is 0.625. The molecule has 0 saturated heterocycles. The Labute approximate surface area is 139 Å². The first kappa shape index (κ1) is 21.0. The molecule has 128 valence electrons. The molecule has 0 fully saturated rings. The van der Waals surface area contributed by atoms with Crippen molar-refractivity contribution in [2.45, 2.75) is 32.9 Å². The lowest BCUT2D eigenvalue weighted by Crippen LogP contribution is -2.17. The number of nitrogens with one attached hydrogen (secondary N) is 1. The van der Waals surface area contributed by atoms with E-state index in [0.29, 0.717) is 17.6 Å². The van der Waals surface area contributed by atoms with Crippen molar-refractivity contribution < 1.29 is 19.3 Å². The first-order valence-electron chi connectivity index (χ1n) is 7.40. The molecule has 1 aromatic carbocycles. The van der Waals surface area contributed by atoms with Gasteiger partial charge in [-0.05, 0) is 44.5 Å². The maximum atomic E-state index is 8.78. The van der Waals surface area contributed by atoms with E-state index < -0.39 is 0 Å². The van der Waals surface area contributed by atoms with E-state index in [0.717, 1.165) is 31.7 Å². The van der Waals surface area contributed by atoms with Gasteiger partial charge in [0.1, 0.15) is 6.61 Å². The quantitative estimate of drug-likeness (QED) is 0.609. The first-order valence-corrected chi connectivity index (χ1v) is 7.40. The topological polar surface area (TPSA) is 60.0 Å². The second-order valence-corrected chi connectivity index (χ2v) is 5.01. The largest absolute Gasteiger partial charge is 0.493 e. The maximum absolute atomic E-state index is 8.78. The minimum absolute atomic E-state index is 0. The molecule has 6 heteroatoms. The van der Waals surface area contributed by atoms with Crippen molar-refractivity contribution in [2.24, 2.45) is 0 Å². The van der Waals surface area contributed by atoms with Crippen LogP contribution in [0.5, 0.6) is 11.5 Å². The maximum Gasteiger partial charge on any atom is 0.161 e. The summed E-state index contributed by atoms with van der Waals surface area (Å²) in [5.74, 6) is 1.34. The molecular formula is C16H28ClNO4. The van der Waals surface area contributed by atoms with Crippen LogP contribution in [0, 0.1) is 0 Å². The van der Waals surface area contributed by atoms with E-state index in [9.17, 15) is 0 Å². The van der Waals surface area contributed by atoms with Crippen LogP contribution in [0.1, 0.15) is 25.8 Å². The van der Waals surface area contributed by atoms with Gasteiger partial charge in [0.05, 0.1) is 19.8 Å². The monoisotopic (exact) mass is 333 g/mol. The Kier molecular flexibility index (Phi) is 12.0. The Bertz CT molecular complexity index is 402. The van der Waals surface area contributed by atoms with Crippen molar-refractivity contribution in [3.63, 3.8) is 0 Å². The van der Waals surface area contributed by atoms with Gasteiger partial charge in [-0.1, -0.05) is 6.07 Å². The fourth-order valence-corrected chi connectivity index (χ4v) is 1.85. The van der Waals surface area contributed by atoms with Gasteiger partial charge in [-0.25, -0.2) is 0 Å². The summed E-state index contributed by atoms with van der Waals surface area (Å²) in [6, 6.07) is 5.81. The predicted octanol–water partition coefficient (Wildman–Crippen LogP) is 2.39. The van der Waals surface area contributed by atoms with Gasteiger partial charge in [-0.15, -0.1) is 12.4 Å². The van der Waals surface area contributed by atoms with E-state index in [1.54, 1.807) is 7.11 Å². The highest BCUT2D eigenvalue weighted by atomic mass is 35.5. The third kappa shape index (κ3) is 8.44. The molecule has 0 spiro atoms. The molecule has 0 atom stereocenters. The van der Waals surface area contributed by atoms with Gasteiger partial charge in [-0.3, -0.25) is 0 Å². The lowest BCUT2D eigenvalue weighted by Gasteiger charge is -2.12. The number of aliphatic hydroxyl groups is 1. The Morgan fingerprint density at radius 3 is 2.59 bits per heavy atom. The van der Waals surface area contributed by atoms with E-state index in [-0.39, 0.29) is 25.6 Å². The fourth-order valence-electron chi connectivity index (χ4n) is 1.85. The zero-order valence-electron chi connectivity index (χ0n) is 13.6. The Morgan fingerprint density at radius 2 is 1.95 bits per heavy atom. The van der Waals surface area contributed by atoms with Crippen LogP contribution in [-0.4, -0.2) is 44.7 Å². The molecule has 0 aliphatic carbocycles. The van der Waals surface area contributed by atoms with E-state index in [1.807, 2.05) is 32.0 Å². The van der Waals surface area contributed by atoms with Gasteiger partial charge < -0.3 is 24.6 Å².